The maximum Gasteiger partial charge on any atom is 0.289 e. The molecule has 2 aromatic carbocycles. The molecule has 0 aliphatic carbocycles. The molecule has 1 heterocycles. The number of hydrogen-bond acceptors (Lipinski definition) is 7. The number of amides is 1. The van der Waals surface area contributed by atoms with Gasteiger partial charge >= 0.3 is 0 Å². The average Bonchev–Trinajstić information content (AvgIpc) is 3.28. The molecule has 1 aromatic heterocycles. The van der Waals surface area contributed by atoms with Crippen LogP contribution in [0.2, 0.25) is 0 Å². The molecule has 0 saturated carbocycles. The summed E-state index contributed by atoms with van der Waals surface area (Å²) in [6.45, 7) is 0. The Morgan fingerprint density at radius 2 is 1.53 bits per heavy atom. The van der Waals surface area contributed by atoms with E-state index in [1.165, 1.54) is 6.21 Å². The van der Waals surface area contributed by atoms with E-state index in [4.69, 9.17) is 18.9 Å². The first-order valence-corrected chi connectivity index (χ1v) is 8.92. The summed E-state index contributed by atoms with van der Waals surface area (Å²) >= 11 is 0. The first-order chi connectivity index (χ1) is 14.6. The van der Waals surface area contributed by atoms with Crippen molar-refractivity contribution in [2.75, 3.05) is 28.4 Å². The number of H-pyrrole nitrogens is 1. The summed E-state index contributed by atoms with van der Waals surface area (Å²) in [5.41, 5.74) is 4.83. The standard InChI is InChI=1S/C21H22N4O5/c1-27-17-7-5-13(9-19(17)29-3)12-22-25-21(26)16-11-15(23-24-16)14-6-8-18(28-2)20(10-14)30-4/h5-12H,1-4H3,(H,23,24)(H,25,26)/b22-12+. The zero-order valence-corrected chi connectivity index (χ0v) is 17.1. The quantitative estimate of drug-likeness (QED) is 0.437. The monoisotopic (exact) mass is 410 g/mol. The van der Waals surface area contributed by atoms with E-state index in [0.29, 0.717) is 28.7 Å². The van der Waals surface area contributed by atoms with Gasteiger partial charge in [0.1, 0.15) is 5.69 Å². The Labute approximate surface area is 173 Å². The van der Waals surface area contributed by atoms with Gasteiger partial charge in [0.15, 0.2) is 23.0 Å². The Balaban J connectivity index is 1.69. The third kappa shape index (κ3) is 4.52. The molecule has 0 aliphatic heterocycles. The van der Waals surface area contributed by atoms with Gasteiger partial charge < -0.3 is 18.9 Å². The number of nitrogens with one attached hydrogen (secondary N) is 2. The molecule has 0 fully saturated rings. The van der Waals surface area contributed by atoms with Crippen LogP contribution in [0.5, 0.6) is 23.0 Å². The van der Waals surface area contributed by atoms with Crippen LogP contribution in [0.1, 0.15) is 16.1 Å². The van der Waals surface area contributed by atoms with Gasteiger partial charge in [0.05, 0.1) is 40.3 Å². The number of hydrazone groups is 1. The van der Waals surface area contributed by atoms with Crippen LogP contribution >= 0.6 is 0 Å². The number of hydrogen-bond donors (Lipinski definition) is 2. The number of aromatic nitrogens is 2. The molecule has 0 saturated heterocycles. The van der Waals surface area contributed by atoms with Gasteiger partial charge in [0.25, 0.3) is 5.91 Å². The Hall–Kier alpha value is -4.01. The molecule has 0 radical (unpaired) electrons. The molecule has 0 spiro atoms. The topological polar surface area (TPSA) is 107 Å². The summed E-state index contributed by atoms with van der Waals surface area (Å²) in [6, 6.07) is 12.3. The number of ether oxygens (including phenoxy) is 4. The Kier molecular flexibility index (Phi) is 6.53. The average molecular weight is 410 g/mol. The summed E-state index contributed by atoms with van der Waals surface area (Å²) in [5.74, 6) is 1.94. The molecular formula is C21H22N4O5. The van der Waals surface area contributed by atoms with Gasteiger partial charge in [-0.15, -0.1) is 0 Å². The Morgan fingerprint density at radius 1 is 0.900 bits per heavy atom. The van der Waals surface area contributed by atoms with Gasteiger partial charge in [-0.1, -0.05) is 0 Å². The molecule has 0 unspecified atom stereocenters. The first-order valence-electron chi connectivity index (χ1n) is 8.92. The number of nitrogens with zero attached hydrogens (tertiary/aromatic N) is 2. The van der Waals surface area contributed by atoms with E-state index in [1.807, 2.05) is 6.07 Å². The minimum Gasteiger partial charge on any atom is -0.493 e. The van der Waals surface area contributed by atoms with Crippen LogP contribution in [0.25, 0.3) is 11.3 Å². The zero-order valence-electron chi connectivity index (χ0n) is 17.1. The highest BCUT2D eigenvalue weighted by Gasteiger charge is 2.13. The van der Waals surface area contributed by atoms with Crippen molar-refractivity contribution in [2.45, 2.75) is 0 Å². The van der Waals surface area contributed by atoms with Gasteiger partial charge in [-0.3, -0.25) is 9.89 Å². The minimum absolute atomic E-state index is 0.268. The second-order valence-corrected chi connectivity index (χ2v) is 6.05. The number of carbonyl (C=O) groups excluding carboxylic acids is 1. The molecule has 30 heavy (non-hydrogen) atoms. The van der Waals surface area contributed by atoms with E-state index in [1.54, 1.807) is 64.8 Å². The number of rotatable bonds is 8. The molecule has 0 bridgehead atoms. The van der Waals surface area contributed by atoms with Crippen molar-refractivity contribution < 1.29 is 23.7 Å². The molecular weight excluding hydrogens is 388 g/mol. The number of benzene rings is 2. The van der Waals surface area contributed by atoms with Crippen LogP contribution in [-0.4, -0.2) is 50.8 Å². The Morgan fingerprint density at radius 3 is 2.20 bits per heavy atom. The molecule has 156 valence electrons. The Bertz CT molecular complexity index is 1060. The third-order valence-corrected chi connectivity index (χ3v) is 4.29. The maximum absolute atomic E-state index is 12.3. The maximum atomic E-state index is 12.3. The lowest BCUT2D eigenvalue weighted by molar-refractivity contribution is 0.0950. The molecule has 0 atom stereocenters. The number of methoxy groups -OCH3 is 4. The van der Waals surface area contributed by atoms with Crippen molar-refractivity contribution in [2.24, 2.45) is 5.10 Å². The molecule has 2 N–H and O–H groups in total. The summed E-state index contributed by atoms with van der Waals surface area (Å²) in [4.78, 5) is 12.3. The van der Waals surface area contributed by atoms with Crippen molar-refractivity contribution in [3.63, 3.8) is 0 Å². The van der Waals surface area contributed by atoms with E-state index in [-0.39, 0.29) is 5.69 Å². The molecule has 0 aliphatic rings. The van der Waals surface area contributed by atoms with E-state index >= 15 is 0 Å². The lowest BCUT2D eigenvalue weighted by Gasteiger charge is -2.08. The van der Waals surface area contributed by atoms with Crippen molar-refractivity contribution in [3.8, 4) is 34.3 Å². The van der Waals surface area contributed by atoms with Gasteiger partial charge in [0.2, 0.25) is 0 Å². The molecule has 9 heteroatoms. The van der Waals surface area contributed by atoms with E-state index < -0.39 is 5.91 Å². The molecule has 1 amide bonds. The van der Waals surface area contributed by atoms with Crippen LogP contribution in [0.3, 0.4) is 0 Å². The fourth-order valence-corrected chi connectivity index (χ4v) is 2.74. The summed E-state index contributed by atoms with van der Waals surface area (Å²) in [7, 11) is 6.24. The predicted octanol–water partition coefficient (Wildman–Crippen LogP) is 2.88. The normalized spacial score (nSPS) is 10.7. The lowest BCUT2D eigenvalue weighted by atomic mass is 10.1. The van der Waals surface area contributed by atoms with Gasteiger partial charge in [-0.2, -0.15) is 10.2 Å². The summed E-state index contributed by atoms with van der Waals surface area (Å²) < 4.78 is 21.0. The second-order valence-electron chi connectivity index (χ2n) is 6.05. The van der Waals surface area contributed by atoms with Gasteiger partial charge in [-0.25, -0.2) is 5.43 Å². The highest BCUT2D eigenvalue weighted by atomic mass is 16.5. The van der Waals surface area contributed by atoms with Gasteiger partial charge in [0, 0.05) is 5.56 Å². The fourth-order valence-electron chi connectivity index (χ4n) is 2.74. The van der Waals surface area contributed by atoms with Gasteiger partial charge in [-0.05, 0) is 48.0 Å². The van der Waals surface area contributed by atoms with Crippen molar-refractivity contribution in [1.82, 2.24) is 15.6 Å². The minimum atomic E-state index is -0.425. The zero-order chi connectivity index (χ0) is 21.5. The second kappa shape index (κ2) is 9.46. The number of aromatic amines is 1. The largest absolute Gasteiger partial charge is 0.493 e. The van der Waals surface area contributed by atoms with Crippen molar-refractivity contribution in [1.29, 1.82) is 0 Å². The highest BCUT2D eigenvalue weighted by molar-refractivity contribution is 5.94. The lowest BCUT2D eigenvalue weighted by Crippen LogP contribution is -2.18. The third-order valence-electron chi connectivity index (χ3n) is 4.29. The summed E-state index contributed by atoms with van der Waals surface area (Å²) in [5, 5.41) is 10.9. The van der Waals surface area contributed by atoms with E-state index in [2.05, 4.69) is 20.7 Å². The smallest absolute Gasteiger partial charge is 0.289 e. The van der Waals surface area contributed by atoms with Crippen LogP contribution in [0.4, 0.5) is 0 Å². The van der Waals surface area contributed by atoms with Crippen molar-refractivity contribution in [3.05, 3.63) is 53.7 Å². The predicted molar refractivity (Wildman–Crippen MR) is 112 cm³/mol. The highest BCUT2D eigenvalue weighted by Crippen LogP contribution is 2.31. The van der Waals surface area contributed by atoms with Crippen LogP contribution in [-0.2, 0) is 0 Å². The molecule has 3 aromatic rings. The first kappa shape index (κ1) is 20.7. The van der Waals surface area contributed by atoms with E-state index in [9.17, 15) is 4.79 Å². The number of carbonyl (C=O) groups is 1. The fraction of sp³-hybridized carbons (Fsp3) is 0.190. The van der Waals surface area contributed by atoms with Crippen LogP contribution in [0.15, 0.2) is 47.6 Å². The van der Waals surface area contributed by atoms with Crippen LogP contribution < -0.4 is 24.4 Å². The molecule has 3 rings (SSSR count). The summed E-state index contributed by atoms with van der Waals surface area (Å²) in [6.07, 6.45) is 1.51. The van der Waals surface area contributed by atoms with Crippen molar-refractivity contribution >= 4 is 12.1 Å². The van der Waals surface area contributed by atoms with E-state index in [0.717, 1.165) is 11.1 Å². The SMILES string of the molecule is COc1ccc(/C=N/NC(=O)c2cc(-c3ccc(OC)c(OC)c3)n[nH]2)cc1OC. The molecule has 9 nitrogen and oxygen atoms in total. The van der Waals surface area contributed by atoms with Crippen LogP contribution in [0, 0.1) is 0 Å².